The molecular formula is C19H15ClN6OS2. The van der Waals surface area contributed by atoms with E-state index in [0.717, 1.165) is 26.9 Å². The third-order valence-electron chi connectivity index (χ3n) is 4.15. The van der Waals surface area contributed by atoms with Crippen molar-refractivity contribution in [1.82, 2.24) is 30.4 Å². The summed E-state index contributed by atoms with van der Waals surface area (Å²) >= 11 is 12.7. The number of carbonyl (C=O) groups excluding carboxylic acids is 1. The molecule has 2 aromatic carbocycles. The SMILES string of the molecule is Cc1nnc2sc(-c3ccc(CNC(=S)NC(=O)c4ccccc4Cl)cc3)nn12. The smallest absolute Gasteiger partial charge is 0.258 e. The fourth-order valence-corrected chi connectivity index (χ4v) is 3.92. The summed E-state index contributed by atoms with van der Waals surface area (Å²) in [5.74, 6) is 0.415. The third-order valence-corrected chi connectivity index (χ3v) is 5.67. The van der Waals surface area contributed by atoms with Crippen molar-refractivity contribution in [2.24, 2.45) is 0 Å². The molecule has 4 rings (SSSR count). The van der Waals surface area contributed by atoms with Crippen molar-refractivity contribution >= 4 is 51.1 Å². The number of halogens is 1. The van der Waals surface area contributed by atoms with Crippen molar-refractivity contribution in [1.29, 1.82) is 0 Å². The number of benzene rings is 2. The Morgan fingerprint density at radius 3 is 2.66 bits per heavy atom. The maximum atomic E-state index is 12.2. The van der Waals surface area contributed by atoms with Crippen LogP contribution in [0, 0.1) is 6.92 Å². The summed E-state index contributed by atoms with van der Waals surface area (Å²) in [4.78, 5) is 13.0. The van der Waals surface area contributed by atoms with Gasteiger partial charge in [-0.1, -0.05) is 59.3 Å². The first kappa shape index (κ1) is 19.4. The quantitative estimate of drug-likeness (QED) is 0.469. The van der Waals surface area contributed by atoms with Gasteiger partial charge in [-0.05, 0) is 36.8 Å². The van der Waals surface area contributed by atoms with E-state index < -0.39 is 0 Å². The maximum absolute atomic E-state index is 12.2. The Balaban J connectivity index is 1.36. The number of amides is 1. The van der Waals surface area contributed by atoms with E-state index in [1.807, 2.05) is 31.2 Å². The lowest BCUT2D eigenvalue weighted by molar-refractivity contribution is 0.0977. The molecule has 2 N–H and O–H groups in total. The number of rotatable bonds is 4. The summed E-state index contributed by atoms with van der Waals surface area (Å²) in [6.45, 7) is 2.35. The monoisotopic (exact) mass is 442 g/mol. The van der Waals surface area contributed by atoms with E-state index in [4.69, 9.17) is 23.8 Å². The van der Waals surface area contributed by atoms with E-state index in [9.17, 15) is 4.79 Å². The molecule has 0 aliphatic rings. The Bertz CT molecular complexity index is 1200. The van der Waals surface area contributed by atoms with Crippen LogP contribution in [-0.2, 0) is 6.54 Å². The molecular weight excluding hydrogens is 428 g/mol. The number of thiocarbonyl (C=S) groups is 1. The zero-order chi connectivity index (χ0) is 20.4. The molecule has 0 fully saturated rings. The van der Waals surface area contributed by atoms with Gasteiger partial charge in [-0.3, -0.25) is 10.1 Å². The van der Waals surface area contributed by atoms with Gasteiger partial charge in [-0.2, -0.15) is 9.61 Å². The summed E-state index contributed by atoms with van der Waals surface area (Å²) in [5.41, 5.74) is 2.39. The Morgan fingerprint density at radius 2 is 1.93 bits per heavy atom. The van der Waals surface area contributed by atoms with Crippen molar-refractivity contribution in [3.8, 4) is 10.6 Å². The number of nitrogens with one attached hydrogen (secondary N) is 2. The predicted molar refractivity (Wildman–Crippen MR) is 117 cm³/mol. The summed E-state index contributed by atoms with van der Waals surface area (Å²) < 4.78 is 1.73. The van der Waals surface area contributed by atoms with Crippen LogP contribution in [0.5, 0.6) is 0 Å². The minimum absolute atomic E-state index is 0.239. The van der Waals surface area contributed by atoms with Crippen molar-refractivity contribution in [2.75, 3.05) is 0 Å². The van der Waals surface area contributed by atoms with Crippen LogP contribution in [0.15, 0.2) is 48.5 Å². The molecule has 0 radical (unpaired) electrons. The lowest BCUT2D eigenvalue weighted by atomic mass is 10.1. The van der Waals surface area contributed by atoms with E-state index in [-0.39, 0.29) is 11.0 Å². The summed E-state index contributed by atoms with van der Waals surface area (Å²) in [6, 6.07) is 14.8. The fourth-order valence-electron chi connectivity index (χ4n) is 2.64. The molecule has 0 aliphatic heterocycles. The van der Waals surface area contributed by atoms with Gasteiger partial charge in [-0.15, -0.1) is 10.2 Å². The van der Waals surface area contributed by atoms with Gasteiger partial charge in [0.2, 0.25) is 4.96 Å². The highest BCUT2D eigenvalue weighted by Gasteiger charge is 2.12. The minimum atomic E-state index is -0.345. The second-order valence-electron chi connectivity index (χ2n) is 6.16. The molecule has 1 amide bonds. The van der Waals surface area contributed by atoms with E-state index >= 15 is 0 Å². The van der Waals surface area contributed by atoms with Gasteiger partial charge in [0.05, 0.1) is 10.6 Å². The number of aromatic nitrogens is 4. The van der Waals surface area contributed by atoms with Crippen LogP contribution in [0.25, 0.3) is 15.5 Å². The topological polar surface area (TPSA) is 84.2 Å². The molecule has 2 aromatic heterocycles. The van der Waals surface area contributed by atoms with Crippen LogP contribution < -0.4 is 10.6 Å². The summed E-state index contributed by atoms with van der Waals surface area (Å²) in [5, 5.41) is 19.8. The number of aryl methyl sites for hydroxylation is 1. The Hall–Kier alpha value is -2.88. The normalized spacial score (nSPS) is 10.8. The largest absolute Gasteiger partial charge is 0.358 e. The molecule has 146 valence electrons. The molecule has 0 bridgehead atoms. The first-order chi connectivity index (χ1) is 14.0. The van der Waals surface area contributed by atoms with Crippen LogP contribution >= 0.6 is 35.2 Å². The highest BCUT2D eigenvalue weighted by Crippen LogP contribution is 2.25. The van der Waals surface area contributed by atoms with E-state index in [2.05, 4.69) is 25.9 Å². The highest BCUT2D eigenvalue weighted by atomic mass is 35.5. The van der Waals surface area contributed by atoms with Crippen molar-refractivity contribution < 1.29 is 4.79 Å². The van der Waals surface area contributed by atoms with E-state index in [1.165, 1.54) is 11.3 Å². The Morgan fingerprint density at radius 1 is 1.17 bits per heavy atom. The van der Waals surface area contributed by atoms with Crippen LogP contribution in [0.3, 0.4) is 0 Å². The molecule has 0 spiro atoms. The highest BCUT2D eigenvalue weighted by molar-refractivity contribution is 7.80. The third kappa shape index (κ3) is 4.26. The molecule has 7 nitrogen and oxygen atoms in total. The molecule has 2 heterocycles. The first-order valence-electron chi connectivity index (χ1n) is 8.63. The van der Waals surface area contributed by atoms with Gasteiger partial charge < -0.3 is 5.32 Å². The average Bonchev–Trinajstić information content (AvgIpc) is 3.29. The Labute approximate surface area is 180 Å². The van der Waals surface area contributed by atoms with Crippen LogP contribution in [0.4, 0.5) is 0 Å². The molecule has 4 aromatic rings. The number of hydrogen-bond acceptors (Lipinski definition) is 6. The fraction of sp³-hybridized carbons (Fsp3) is 0.105. The lowest BCUT2D eigenvalue weighted by Crippen LogP contribution is -2.38. The van der Waals surface area contributed by atoms with Gasteiger partial charge in [0.15, 0.2) is 10.9 Å². The van der Waals surface area contributed by atoms with Crippen molar-refractivity contribution in [2.45, 2.75) is 13.5 Å². The minimum Gasteiger partial charge on any atom is -0.358 e. The van der Waals surface area contributed by atoms with Gasteiger partial charge in [0, 0.05) is 12.1 Å². The van der Waals surface area contributed by atoms with Gasteiger partial charge in [-0.25, -0.2) is 0 Å². The maximum Gasteiger partial charge on any atom is 0.258 e. The summed E-state index contributed by atoms with van der Waals surface area (Å²) in [7, 11) is 0. The number of fused-ring (bicyclic) bond motifs is 1. The number of nitrogens with zero attached hydrogens (tertiary/aromatic N) is 4. The molecule has 0 aliphatic carbocycles. The van der Waals surface area contributed by atoms with Crippen LogP contribution in [0.1, 0.15) is 21.7 Å². The van der Waals surface area contributed by atoms with Crippen LogP contribution in [0.2, 0.25) is 5.02 Å². The van der Waals surface area contributed by atoms with E-state index in [0.29, 0.717) is 17.1 Å². The molecule has 0 unspecified atom stereocenters. The number of hydrogen-bond donors (Lipinski definition) is 2. The van der Waals surface area contributed by atoms with Gasteiger partial charge in [0.25, 0.3) is 5.91 Å². The van der Waals surface area contributed by atoms with Crippen molar-refractivity contribution in [3.05, 3.63) is 70.5 Å². The predicted octanol–water partition coefficient (Wildman–Crippen LogP) is 3.62. The zero-order valence-electron chi connectivity index (χ0n) is 15.2. The van der Waals surface area contributed by atoms with Crippen LogP contribution in [-0.4, -0.2) is 30.8 Å². The van der Waals surface area contributed by atoms with Crippen molar-refractivity contribution in [3.63, 3.8) is 0 Å². The number of carbonyl (C=O) groups is 1. The average molecular weight is 443 g/mol. The second kappa shape index (κ2) is 8.24. The van der Waals surface area contributed by atoms with E-state index in [1.54, 1.807) is 28.8 Å². The summed E-state index contributed by atoms with van der Waals surface area (Å²) in [6.07, 6.45) is 0. The zero-order valence-corrected chi connectivity index (χ0v) is 17.6. The lowest BCUT2D eigenvalue weighted by Gasteiger charge is -2.10. The molecule has 29 heavy (non-hydrogen) atoms. The van der Waals surface area contributed by atoms with Gasteiger partial charge in [0.1, 0.15) is 5.01 Å². The molecule has 0 atom stereocenters. The Kier molecular flexibility index (Phi) is 5.52. The van der Waals surface area contributed by atoms with Gasteiger partial charge >= 0.3 is 0 Å². The molecule has 10 heteroatoms. The molecule has 0 saturated carbocycles. The molecule has 0 saturated heterocycles. The standard InChI is InChI=1S/C19H15ClN6OS2/c1-11-23-24-19-26(11)25-17(29-19)13-8-6-12(7-9-13)10-21-18(28)22-16(27)14-4-2-3-5-15(14)20/h2-9H,10H2,1H3,(H2,21,22,27,28). The first-order valence-corrected chi connectivity index (χ1v) is 10.2. The second-order valence-corrected chi connectivity index (χ2v) is 7.93.